The third kappa shape index (κ3) is 3.63. The van der Waals surface area contributed by atoms with E-state index in [4.69, 9.17) is 4.74 Å². The van der Waals surface area contributed by atoms with Crippen molar-refractivity contribution in [2.45, 2.75) is 33.0 Å². The molecule has 1 N–H and O–H groups in total. The summed E-state index contributed by atoms with van der Waals surface area (Å²) < 4.78 is 5.86. The van der Waals surface area contributed by atoms with E-state index in [0.29, 0.717) is 6.61 Å². The molecular weight excluding hydrogens is 322 g/mol. The summed E-state index contributed by atoms with van der Waals surface area (Å²) in [7, 11) is 0. The van der Waals surface area contributed by atoms with E-state index in [1.807, 2.05) is 87.5 Å². The van der Waals surface area contributed by atoms with E-state index < -0.39 is 11.0 Å². The van der Waals surface area contributed by atoms with Crippen molar-refractivity contribution in [3.63, 3.8) is 0 Å². The Bertz CT molecular complexity index is 824. The molecule has 0 saturated heterocycles. The maximum atomic E-state index is 11.6. The molecule has 26 heavy (non-hydrogen) atoms. The smallest absolute Gasteiger partial charge is 0.121 e. The summed E-state index contributed by atoms with van der Waals surface area (Å²) in [6, 6.07) is 21.5. The first-order valence-electron chi connectivity index (χ1n) is 8.81. The summed E-state index contributed by atoms with van der Waals surface area (Å²) >= 11 is 0. The molecule has 1 atom stereocenters. The van der Waals surface area contributed by atoms with Crippen molar-refractivity contribution in [2.24, 2.45) is 5.41 Å². The van der Waals surface area contributed by atoms with Crippen LogP contribution in [0.25, 0.3) is 0 Å². The molecule has 0 amide bonds. The second-order valence-corrected chi connectivity index (χ2v) is 7.50. The second kappa shape index (κ2) is 7.30. The van der Waals surface area contributed by atoms with Gasteiger partial charge in [-0.15, -0.1) is 0 Å². The van der Waals surface area contributed by atoms with E-state index >= 15 is 0 Å². The Balaban J connectivity index is 1.85. The molecule has 3 heteroatoms. The minimum Gasteiger partial charge on any atom is -0.489 e. The topological polar surface area (TPSA) is 42.4 Å². The predicted molar refractivity (Wildman–Crippen MR) is 104 cm³/mol. The number of rotatable bonds is 5. The molecule has 2 aromatic carbocycles. The number of hydrogen-bond acceptors (Lipinski definition) is 3. The van der Waals surface area contributed by atoms with Crippen LogP contribution in [0.3, 0.4) is 0 Å². The lowest BCUT2D eigenvalue weighted by atomic mass is 9.69. The number of aromatic nitrogens is 1. The molecule has 3 aromatic rings. The van der Waals surface area contributed by atoms with Gasteiger partial charge in [0.25, 0.3) is 0 Å². The molecule has 0 aliphatic rings. The fourth-order valence-electron chi connectivity index (χ4n) is 3.14. The van der Waals surface area contributed by atoms with Crippen molar-refractivity contribution in [1.29, 1.82) is 0 Å². The van der Waals surface area contributed by atoms with E-state index in [0.717, 1.165) is 22.4 Å². The molecule has 3 rings (SSSR count). The van der Waals surface area contributed by atoms with Crippen LogP contribution in [0.5, 0.6) is 5.75 Å². The number of pyridine rings is 1. The van der Waals surface area contributed by atoms with Gasteiger partial charge in [-0.25, -0.2) is 0 Å². The van der Waals surface area contributed by atoms with E-state index in [1.54, 1.807) is 12.4 Å². The van der Waals surface area contributed by atoms with Crippen molar-refractivity contribution in [2.75, 3.05) is 0 Å². The maximum Gasteiger partial charge on any atom is 0.121 e. The van der Waals surface area contributed by atoms with Gasteiger partial charge in [-0.05, 0) is 34.7 Å². The van der Waals surface area contributed by atoms with Gasteiger partial charge in [0.15, 0.2) is 0 Å². The largest absolute Gasteiger partial charge is 0.489 e. The summed E-state index contributed by atoms with van der Waals surface area (Å²) in [5.41, 5.74) is 1.19. The highest BCUT2D eigenvalue weighted by atomic mass is 16.5. The van der Waals surface area contributed by atoms with Crippen LogP contribution >= 0.6 is 0 Å². The van der Waals surface area contributed by atoms with Gasteiger partial charge >= 0.3 is 0 Å². The Morgan fingerprint density at radius 3 is 2.12 bits per heavy atom. The van der Waals surface area contributed by atoms with E-state index in [9.17, 15) is 5.11 Å². The molecular formula is C23H25NO2. The van der Waals surface area contributed by atoms with Gasteiger partial charge in [0.1, 0.15) is 18.0 Å². The highest BCUT2D eigenvalue weighted by Gasteiger charge is 2.43. The minimum atomic E-state index is -1.14. The summed E-state index contributed by atoms with van der Waals surface area (Å²) in [5, 5.41) is 11.6. The van der Waals surface area contributed by atoms with E-state index in [1.165, 1.54) is 0 Å². The first-order valence-corrected chi connectivity index (χ1v) is 8.81. The van der Waals surface area contributed by atoms with Crippen LogP contribution in [-0.4, -0.2) is 10.1 Å². The molecule has 3 nitrogen and oxygen atoms in total. The molecule has 0 fully saturated rings. The molecule has 0 aliphatic heterocycles. The number of hydrogen-bond donors (Lipinski definition) is 1. The monoisotopic (exact) mass is 347 g/mol. The average molecular weight is 347 g/mol. The van der Waals surface area contributed by atoms with Crippen LogP contribution in [0.4, 0.5) is 0 Å². The Kier molecular flexibility index (Phi) is 5.10. The van der Waals surface area contributed by atoms with Crippen molar-refractivity contribution in [1.82, 2.24) is 4.98 Å². The van der Waals surface area contributed by atoms with Crippen molar-refractivity contribution >= 4 is 0 Å². The zero-order valence-electron chi connectivity index (χ0n) is 15.5. The maximum absolute atomic E-state index is 11.6. The molecule has 0 spiro atoms. The quantitative estimate of drug-likeness (QED) is 0.710. The first kappa shape index (κ1) is 18.2. The molecule has 0 bridgehead atoms. The fourth-order valence-corrected chi connectivity index (χ4v) is 3.14. The Hall–Kier alpha value is -2.65. The molecule has 0 saturated carbocycles. The molecule has 1 unspecified atom stereocenters. The zero-order valence-corrected chi connectivity index (χ0v) is 15.5. The highest BCUT2D eigenvalue weighted by molar-refractivity contribution is 5.39. The summed E-state index contributed by atoms with van der Waals surface area (Å²) in [5.74, 6) is 0.778. The van der Waals surface area contributed by atoms with Gasteiger partial charge in [-0.2, -0.15) is 0 Å². The third-order valence-electron chi connectivity index (χ3n) is 4.69. The first-order chi connectivity index (χ1) is 12.4. The van der Waals surface area contributed by atoms with Crippen LogP contribution in [0.15, 0.2) is 79.1 Å². The highest BCUT2D eigenvalue weighted by Crippen LogP contribution is 2.44. The SMILES string of the molecule is CC(C)(C)C(O)(c1ccc(OCc2ccccc2)cc1)c1cccnc1. The van der Waals surface area contributed by atoms with Crippen LogP contribution in [0, 0.1) is 5.41 Å². The lowest BCUT2D eigenvalue weighted by molar-refractivity contribution is -0.0262. The Labute approximate surface area is 155 Å². The predicted octanol–water partition coefficient (Wildman–Crippen LogP) is 4.94. The van der Waals surface area contributed by atoms with Crippen molar-refractivity contribution < 1.29 is 9.84 Å². The summed E-state index contributed by atoms with van der Waals surface area (Å²) in [6.45, 7) is 6.60. The van der Waals surface area contributed by atoms with Crippen LogP contribution in [-0.2, 0) is 12.2 Å². The number of ether oxygens (including phenoxy) is 1. The molecule has 0 radical (unpaired) electrons. The van der Waals surface area contributed by atoms with Gasteiger partial charge < -0.3 is 9.84 Å². The normalized spacial score (nSPS) is 13.8. The Morgan fingerprint density at radius 2 is 1.54 bits per heavy atom. The van der Waals surface area contributed by atoms with Gasteiger partial charge in [-0.1, -0.05) is 69.3 Å². The van der Waals surface area contributed by atoms with Crippen LogP contribution < -0.4 is 4.74 Å². The van der Waals surface area contributed by atoms with E-state index in [-0.39, 0.29) is 0 Å². The molecule has 1 aromatic heterocycles. The fraction of sp³-hybridized carbons (Fsp3) is 0.261. The van der Waals surface area contributed by atoms with E-state index in [2.05, 4.69) is 4.98 Å². The lowest BCUT2D eigenvalue weighted by Crippen LogP contribution is -2.41. The molecule has 1 heterocycles. The van der Waals surface area contributed by atoms with Gasteiger partial charge in [0, 0.05) is 18.0 Å². The number of benzene rings is 2. The van der Waals surface area contributed by atoms with Crippen LogP contribution in [0.1, 0.15) is 37.5 Å². The standard InChI is InChI=1S/C23H25NO2/c1-22(2,3)23(25,20-10-7-15-24-16-20)19-11-13-21(14-12-19)26-17-18-8-5-4-6-9-18/h4-16,25H,17H2,1-3H3. The van der Waals surface area contributed by atoms with Gasteiger partial charge in [0.05, 0.1) is 0 Å². The summed E-state index contributed by atoms with van der Waals surface area (Å²) in [6.07, 6.45) is 3.44. The minimum absolute atomic E-state index is 0.400. The zero-order chi connectivity index (χ0) is 18.6. The average Bonchev–Trinajstić information content (AvgIpc) is 2.67. The van der Waals surface area contributed by atoms with Crippen molar-refractivity contribution in [3.8, 4) is 5.75 Å². The van der Waals surface area contributed by atoms with Crippen LogP contribution in [0.2, 0.25) is 0 Å². The number of nitrogens with zero attached hydrogens (tertiary/aromatic N) is 1. The second-order valence-electron chi connectivity index (χ2n) is 7.50. The molecule has 0 aliphatic carbocycles. The van der Waals surface area contributed by atoms with Gasteiger partial charge in [0.2, 0.25) is 0 Å². The number of aliphatic hydroxyl groups is 1. The Morgan fingerprint density at radius 1 is 0.846 bits per heavy atom. The lowest BCUT2D eigenvalue weighted by Gasteiger charge is -2.41. The van der Waals surface area contributed by atoms with Crippen molar-refractivity contribution in [3.05, 3.63) is 95.8 Å². The third-order valence-corrected chi connectivity index (χ3v) is 4.69. The van der Waals surface area contributed by atoms with Gasteiger partial charge in [-0.3, -0.25) is 4.98 Å². The molecule has 134 valence electrons. The summed E-state index contributed by atoms with van der Waals surface area (Å²) in [4.78, 5) is 4.19.